The molecule has 0 spiro atoms. The molecule has 0 bridgehead atoms. The van der Waals surface area contributed by atoms with Crippen molar-refractivity contribution in [1.82, 2.24) is 9.55 Å². The zero-order valence-corrected chi connectivity index (χ0v) is 21.5. The number of thiophene rings is 1. The number of benzene rings is 2. The molecule has 0 aliphatic heterocycles. The lowest BCUT2D eigenvalue weighted by atomic mass is 10.0. The molecule has 182 valence electrons. The zero-order valence-electron chi connectivity index (χ0n) is 19.1. The Hall–Kier alpha value is -2.78. The summed E-state index contributed by atoms with van der Waals surface area (Å²) in [6.45, 7) is 2.18. The maximum absolute atomic E-state index is 11.4. The Morgan fingerprint density at radius 1 is 1.20 bits per heavy atom. The van der Waals surface area contributed by atoms with E-state index in [1.807, 2.05) is 36.4 Å². The standard InChI is InChI=1S/C26H26ClN3O3S2/c1-17(31)22(30-14-21(26(28)32)29-16-30)11-8-19-4-2-3-5-23(19)33-15-18-6-9-20(10-7-18)34-25-13-12-24(27)35-25/h2-7,9-10,12-14,16-17,22,31H,8,11,15H2,1H3,(H2,28,32). The van der Waals surface area contributed by atoms with Crippen LogP contribution in [0, 0.1) is 0 Å². The summed E-state index contributed by atoms with van der Waals surface area (Å²) < 4.78 is 9.85. The first-order valence-electron chi connectivity index (χ1n) is 11.1. The highest BCUT2D eigenvalue weighted by atomic mass is 35.5. The SMILES string of the molecule is CC(O)C(CCc1ccccc1OCc1ccc(Sc2ccc(Cl)s2)cc1)n1cnc(C(N)=O)c1. The van der Waals surface area contributed by atoms with E-state index in [0.29, 0.717) is 19.4 Å². The summed E-state index contributed by atoms with van der Waals surface area (Å²) in [5, 5.41) is 10.3. The van der Waals surface area contributed by atoms with Crippen LogP contribution in [0.1, 0.15) is 41.0 Å². The van der Waals surface area contributed by atoms with Crippen molar-refractivity contribution in [2.45, 2.75) is 47.6 Å². The average molecular weight is 528 g/mol. The van der Waals surface area contributed by atoms with Crippen molar-refractivity contribution in [1.29, 1.82) is 0 Å². The molecule has 0 fully saturated rings. The van der Waals surface area contributed by atoms with Crippen molar-refractivity contribution in [3.63, 3.8) is 0 Å². The molecule has 3 N–H and O–H groups in total. The number of aliphatic hydroxyl groups is 1. The van der Waals surface area contributed by atoms with Crippen molar-refractivity contribution < 1.29 is 14.6 Å². The molecule has 1 amide bonds. The van der Waals surface area contributed by atoms with E-state index in [1.54, 1.807) is 40.8 Å². The van der Waals surface area contributed by atoms with Crippen LogP contribution in [0.2, 0.25) is 4.34 Å². The smallest absolute Gasteiger partial charge is 0.268 e. The highest BCUT2D eigenvalue weighted by molar-refractivity contribution is 8.01. The Morgan fingerprint density at radius 2 is 1.97 bits per heavy atom. The monoisotopic (exact) mass is 527 g/mol. The third-order valence-corrected chi connectivity index (χ3v) is 7.93. The molecule has 4 rings (SSSR count). The maximum Gasteiger partial charge on any atom is 0.268 e. The molecule has 2 heterocycles. The van der Waals surface area contributed by atoms with Gasteiger partial charge >= 0.3 is 0 Å². The molecule has 9 heteroatoms. The number of primary amides is 1. The van der Waals surface area contributed by atoms with Gasteiger partial charge in [0.25, 0.3) is 5.91 Å². The van der Waals surface area contributed by atoms with Gasteiger partial charge in [-0.3, -0.25) is 4.79 Å². The number of imidazole rings is 1. The molecule has 2 aromatic heterocycles. The van der Waals surface area contributed by atoms with Gasteiger partial charge in [-0.25, -0.2) is 4.98 Å². The van der Waals surface area contributed by atoms with Gasteiger partial charge in [-0.15, -0.1) is 11.3 Å². The summed E-state index contributed by atoms with van der Waals surface area (Å²) >= 11 is 9.27. The van der Waals surface area contributed by atoms with Gasteiger partial charge in [-0.05, 0) is 61.2 Å². The van der Waals surface area contributed by atoms with Crippen LogP contribution in [0.15, 0.2) is 82.3 Å². The molecule has 0 radical (unpaired) electrons. The number of para-hydroxylation sites is 1. The van der Waals surface area contributed by atoms with Crippen LogP contribution in [-0.4, -0.2) is 26.7 Å². The normalized spacial score (nSPS) is 12.9. The first kappa shape index (κ1) is 25.3. The number of hydrogen-bond acceptors (Lipinski definition) is 6. The fourth-order valence-electron chi connectivity index (χ4n) is 3.72. The summed E-state index contributed by atoms with van der Waals surface area (Å²) in [5.74, 6) is 0.223. The lowest BCUT2D eigenvalue weighted by Gasteiger charge is -2.22. The van der Waals surface area contributed by atoms with Gasteiger partial charge in [0.15, 0.2) is 0 Å². The van der Waals surface area contributed by atoms with Crippen LogP contribution in [0.4, 0.5) is 0 Å². The van der Waals surface area contributed by atoms with Crippen LogP contribution < -0.4 is 10.5 Å². The number of rotatable bonds is 11. The van der Waals surface area contributed by atoms with Crippen LogP contribution in [0.25, 0.3) is 0 Å². The second-order valence-electron chi connectivity index (χ2n) is 8.12. The third-order valence-electron chi connectivity index (χ3n) is 5.56. The summed E-state index contributed by atoms with van der Waals surface area (Å²) in [7, 11) is 0. The molecular weight excluding hydrogens is 502 g/mol. The fourth-order valence-corrected chi connectivity index (χ4v) is 6.00. The van der Waals surface area contributed by atoms with Gasteiger partial charge < -0.3 is 20.1 Å². The van der Waals surface area contributed by atoms with E-state index in [0.717, 1.165) is 30.3 Å². The number of ether oxygens (including phenoxy) is 1. The Balaban J connectivity index is 1.37. The number of carbonyl (C=O) groups is 1. The Kier molecular flexibility index (Phi) is 8.51. The van der Waals surface area contributed by atoms with E-state index >= 15 is 0 Å². The number of carbonyl (C=O) groups excluding carboxylic acids is 1. The van der Waals surface area contributed by atoms with Gasteiger partial charge in [0.2, 0.25) is 0 Å². The number of amides is 1. The van der Waals surface area contributed by atoms with Gasteiger partial charge in [-0.1, -0.05) is 53.7 Å². The third kappa shape index (κ3) is 6.89. The number of hydrogen-bond donors (Lipinski definition) is 2. The average Bonchev–Trinajstić information content (AvgIpc) is 3.49. The van der Waals surface area contributed by atoms with Gasteiger partial charge in [0, 0.05) is 11.1 Å². The van der Waals surface area contributed by atoms with Crippen molar-refractivity contribution in [2.24, 2.45) is 5.73 Å². The largest absolute Gasteiger partial charge is 0.489 e. The molecule has 35 heavy (non-hydrogen) atoms. The Morgan fingerprint density at radius 3 is 2.63 bits per heavy atom. The van der Waals surface area contributed by atoms with Gasteiger partial charge in [-0.2, -0.15) is 0 Å². The Bertz CT molecular complexity index is 1270. The molecular formula is C26H26ClN3O3S2. The second-order valence-corrected chi connectivity index (χ2v) is 11.2. The van der Waals surface area contributed by atoms with E-state index in [4.69, 9.17) is 22.1 Å². The molecule has 0 saturated carbocycles. The van der Waals surface area contributed by atoms with Gasteiger partial charge in [0.1, 0.15) is 18.1 Å². The first-order chi connectivity index (χ1) is 16.9. The minimum atomic E-state index is -0.625. The van der Waals surface area contributed by atoms with E-state index < -0.39 is 12.0 Å². The van der Waals surface area contributed by atoms with Crippen molar-refractivity contribution >= 4 is 40.6 Å². The number of nitrogens with two attached hydrogens (primary N) is 1. The summed E-state index contributed by atoms with van der Waals surface area (Å²) in [4.78, 5) is 16.6. The predicted octanol–water partition coefficient (Wildman–Crippen LogP) is 5.98. The molecule has 4 aromatic rings. The molecule has 2 unspecified atom stereocenters. The highest BCUT2D eigenvalue weighted by Gasteiger charge is 2.19. The topological polar surface area (TPSA) is 90.4 Å². The summed E-state index contributed by atoms with van der Waals surface area (Å²) in [6.07, 6.45) is 3.83. The minimum absolute atomic E-state index is 0.183. The van der Waals surface area contributed by atoms with Crippen molar-refractivity contribution in [2.75, 3.05) is 0 Å². The number of aryl methyl sites for hydroxylation is 1. The van der Waals surface area contributed by atoms with Gasteiger partial charge in [0.05, 0.1) is 27.0 Å². The van der Waals surface area contributed by atoms with Crippen LogP contribution >= 0.6 is 34.7 Å². The molecule has 2 aromatic carbocycles. The summed E-state index contributed by atoms with van der Waals surface area (Å²) in [5.41, 5.74) is 7.62. The molecule has 0 aliphatic rings. The Labute approximate surface area is 217 Å². The van der Waals surface area contributed by atoms with E-state index in [2.05, 4.69) is 29.2 Å². The fraction of sp³-hybridized carbons (Fsp3) is 0.231. The molecule has 0 aliphatic carbocycles. The maximum atomic E-state index is 11.4. The zero-order chi connectivity index (χ0) is 24.8. The lowest BCUT2D eigenvalue weighted by Crippen LogP contribution is -2.21. The first-order valence-corrected chi connectivity index (χ1v) is 13.1. The highest BCUT2D eigenvalue weighted by Crippen LogP contribution is 2.35. The molecule has 2 atom stereocenters. The number of aromatic nitrogens is 2. The van der Waals surface area contributed by atoms with Crippen LogP contribution in [0.5, 0.6) is 5.75 Å². The van der Waals surface area contributed by atoms with E-state index in [-0.39, 0.29) is 11.7 Å². The van der Waals surface area contributed by atoms with Crippen LogP contribution in [0.3, 0.4) is 0 Å². The van der Waals surface area contributed by atoms with Crippen molar-refractivity contribution in [3.05, 3.63) is 94.3 Å². The minimum Gasteiger partial charge on any atom is -0.489 e. The lowest BCUT2D eigenvalue weighted by molar-refractivity contribution is 0.0994. The van der Waals surface area contributed by atoms with Crippen LogP contribution in [-0.2, 0) is 13.0 Å². The van der Waals surface area contributed by atoms with E-state index in [9.17, 15) is 9.90 Å². The quantitative estimate of drug-likeness (QED) is 0.250. The second kappa shape index (κ2) is 11.8. The molecule has 6 nitrogen and oxygen atoms in total. The van der Waals surface area contributed by atoms with Crippen molar-refractivity contribution in [3.8, 4) is 5.75 Å². The van der Waals surface area contributed by atoms with E-state index in [1.165, 1.54) is 6.33 Å². The summed E-state index contributed by atoms with van der Waals surface area (Å²) in [6, 6.07) is 19.9. The number of nitrogens with zero attached hydrogens (tertiary/aromatic N) is 2. The molecule has 0 saturated heterocycles. The predicted molar refractivity (Wildman–Crippen MR) is 140 cm³/mol. The number of aliphatic hydroxyl groups excluding tert-OH is 1. The number of halogens is 1.